The highest BCUT2D eigenvalue weighted by molar-refractivity contribution is 6.13. The number of rotatable bonds is 3. The largest absolute Gasteiger partial charge is 0.456 e. The number of ether oxygens (including phenoxy) is 2. The molecule has 2 heterocycles. The minimum absolute atomic E-state index is 0.463. The summed E-state index contributed by atoms with van der Waals surface area (Å²) in [7, 11) is 0. The second-order valence-electron chi connectivity index (χ2n) is 14.0. The standard InChI is InChI=1S/C49H29NO3/c1-2-14-30(15-3-1)50(40-23-12-26-43-47(40)34-19-7-11-25-42(34)51-43)41-24-13-27-44-48(41)53-45-28-35-33-18-6-10-22-38(33)49(39(35)29-46(45)52-44)36-20-8-4-16-31(36)32-17-5-9-21-37(32)49/h1-29H. The van der Waals surface area contributed by atoms with E-state index in [9.17, 15) is 0 Å². The lowest BCUT2D eigenvalue weighted by atomic mass is 9.70. The maximum atomic E-state index is 7.05. The van der Waals surface area contributed by atoms with E-state index in [1.165, 1.54) is 38.9 Å². The highest BCUT2D eigenvalue weighted by Gasteiger charge is 2.52. The van der Waals surface area contributed by atoms with Crippen LogP contribution >= 0.6 is 0 Å². The van der Waals surface area contributed by atoms with Gasteiger partial charge in [0.05, 0.1) is 22.2 Å². The van der Waals surface area contributed by atoms with Gasteiger partial charge in [-0.05, 0) is 99.1 Å². The van der Waals surface area contributed by atoms with E-state index in [1.54, 1.807) is 0 Å². The van der Waals surface area contributed by atoms with E-state index in [1.807, 2.05) is 42.5 Å². The molecule has 0 atom stereocenters. The number of furan rings is 1. The van der Waals surface area contributed by atoms with Gasteiger partial charge in [-0.2, -0.15) is 0 Å². The van der Waals surface area contributed by atoms with Gasteiger partial charge in [0.1, 0.15) is 11.2 Å². The molecule has 0 bridgehead atoms. The minimum atomic E-state index is -0.463. The third-order valence-corrected chi connectivity index (χ3v) is 11.3. The maximum Gasteiger partial charge on any atom is 0.194 e. The van der Waals surface area contributed by atoms with Gasteiger partial charge in [0.15, 0.2) is 23.0 Å². The van der Waals surface area contributed by atoms with Crippen molar-refractivity contribution < 1.29 is 13.9 Å². The molecule has 4 nitrogen and oxygen atoms in total. The van der Waals surface area contributed by atoms with E-state index in [4.69, 9.17) is 13.9 Å². The van der Waals surface area contributed by atoms with E-state index in [0.29, 0.717) is 23.0 Å². The fourth-order valence-electron chi connectivity index (χ4n) is 9.28. The SMILES string of the molecule is c1ccc(N(c2cccc3c2Oc2cc4c(cc2O3)C2(c3ccccc3-c3ccccc32)c2ccccc2-4)c2cccc3oc4ccccc4c23)cc1. The molecule has 3 aliphatic rings. The Morgan fingerprint density at radius 1 is 0.396 bits per heavy atom. The van der Waals surface area contributed by atoms with Crippen molar-refractivity contribution in [2.24, 2.45) is 0 Å². The molecule has 53 heavy (non-hydrogen) atoms. The van der Waals surface area contributed by atoms with Crippen molar-refractivity contribution in [3.63, 3.8) is 0 Å². The zero-order chi connectivity index (χ0) is 34.7. The zero-order valence-electron chi connectivity index (χ0n) is 28.4. The molecular formula is C49H29NO3. The normalized spacial score (nSPS) is 13.7. The number of benzene rings is 8. The topological polar surface area (TPSA) is 34.8 Å². The van der Waals surface area contributed by atoms with Crippen LogP contribution in [-0.4, -0.2) is 0 Å². The van der Waals surface area contributed by atoms with Crippen molar-refractivity contribution in [1.82, 2.24) is 0 Å². The Morgan fingerprint density at radius 3 is 1.74 bits per heavy atom. The Morgan fingerprint density at radius 2 is 0.981 bits per heavy atom. The molecule has 8 aromatic carbocycles. The van der Waals surface area contributed by atoms with Gasteiger partial charge in [-0.15, -0.1) is 0 Å². The van der Waals surface area contributed by atoms with Crippen LogP contribution in [0.3, 0.4) is 0 Å². The Balaban J connectivity index is 1.07. The van der Waals surface area contributed by atoms with Crippen molar-refractivity contribution in [3.05, 3.63) is 198 Å². The predicted molar refractivity (Wildman–Crippen MR) is 211 cm³/mol. The van der Waals surface area contributed by atoms with Crippen LogP contribution in [0.4, 0.5) is 17.1 Å². The molecule has 1 aliphatic heterocycles. The third-order valence-electron chi connectivity index (χ3n) is 11.3. The lowest BCUT2D eigenvalue weighted by Gasteiger charge is -2.32. The van der Waals surface area contributed by atoms with Gasteiger partial charge in [-0.1, -0.05) is 121 Å². The molecule has 12 rings (SSSR count). The molecule has 9 aromatic rings. The van der Waals surface area contributed by atoms with Crippen LogP contribution in [0.2, 0.25) is 0 Å². The van der Waals surface area contributed by atoms with Crippen LogP contribution in [-0.2, 0) is 5.41 Å². The van der Waals surface area contributed by atoms with Gasteiger partial charge < -0.3 is 18.8 Å². The Hall–Kier alpha value is -7.04. The minimum Gasteiger partial charge on any atom is -0.456 e. The summed E-state index contributed by atoms with van der Waals surface area (Å²) in [5.74, 6) is 2.72. The van der Waals surface area contributed by atoms with Crippen molar-refractivity contribution in [2.75, 3.05) is 4.90 Å². The van der Waals surface area contributed by atoms with Crippen molar-refractivity contribution in [3.8, 4) is 45.3 Å². The number of para-hydroxylation sites is 3. The van der Waals surface area contributed by atoms with Crippen LogP contribution in [0.5, 0.6) is 23.0 Å². The molecule has 0 N–H and O–H groups in total. The summed E-state index contributed by atoms with van der Waals surface area (Å²) in [5, 5.41) is 2.10. The lowest BCUT2D eigenvalue weighted by molar-refractivity contribution is 0.360. The molecule has 1 spiro atoms. The number of hydrogen-bond donors (Lipinski definition) is 0. The van der Waals surface area contributed by atoms with Gasteiger partial charge in [-0.25, -0.2) is 0 Å². The van der Waals surface area contributed by atoms with Crippen molar-refractivity contribution >= 4 is 39.0 Å². The summed E-state index contributed by atoms with van der Waals surface area (Å²) in [6.07, 6.45) is 0. The average molecular weight is 680 g/mol. The number of anilines is 3. The van der Waals surface area contributed by atoms with E-state index in [-0.39, 0.29) is 0 Å². The van der Waals surface area contributed by atoms with Crippen LogP contribution in [0, 0.1) is 0 Å². The van der Waals surface area contributed by atoms with E-state index < -0.39 is 5.41 Å². The predicted octanol–water partition coefficient (Wildman–Crippen LogP) is 13.3. The molecule has 0 saturated heterocycles. The maximum absolute atomic E-state index is 7.05. The second kappa shape index (κ2) is 10.5. The molecule has 4 heteroatoms. The summed E-state index contributed by atoms with van der Waals surface area (Å²) in [6.45, 7) is 0. The zero-order valence-corrected chi connectivity index (χ0v) is 28.4. The molecule has 248 valence electrons. The van der Waals surface area contributed by atoms with Crippen LogP contribution < -0.4 is 14.4 Å². The molecule has 0 radical (unpaired) electrons. The summed E-state index contributed by atoms with van der Waals surface area (Å²) < 4.78 is 20.3. The first-order chi connectivity index (χ1) is 26.3. The summed E-state index contributed by atoms with van der Waals surface area (Å²) in [6, 6.07) is 62.0. The quantitative estimate of drug-likeness (QED) is 0.186. The van der Waals surface area contributed by atoms with Gasteiger partial charge in [0.2, 0.25) is 0 Å². The summed E-state index contributed by atoms with van der Waals surface area (Å²) in [4.78, 5) is 2.25. The molecular weight excluding hydrogens is 651 g/mol. The molecule has 0 saturated carbocycles. The van der Waals surface area contributed by atoms with Crippen LogP contribution in [0.25, 0.3) is 44.2 Å². The van der Waals surface area contributed by atoms with E-state index in [0.717, 1.165) is 44.6 Å². The fourth-order valence-corrected chi connectivity index (χ4v) is 9.28. The molecule has 1 aromatic heterocycles. The Labute approximate surface area is 305 Å². The molecule has 0 fully saturated rings. The first-order valence-electron chi connectivity index (χ1n) is 18.0. The van der Waals surface area contributed by atoms with Gasteiger partial charge in [0.25, 0.3) is 0 Å². The molecule has 2 aliphatic carbocycles. The van der Waals surface area contributed by atoms with Gasteiger partial charge in [0, 0.05) is 11.1 Å². The first kappa shape index (κ1) is 28.6. The smallest absolute Gasteiger partial charge is 0.194 e. The monoisotopic (exact) mass is 679 g/mol. The summed E-state index contributed by atoms with van der Waals surface area (Å²) >= 11 is 0. The van der Waals surface area contributed by atoms with Crippen molar-refractivity contribution in [1.29, 1.82) is 0 Å². The van der Waals surface area contributed by atoms with Gasteiger partial charge >= 0.3 is 0 Å². The highest BCUT2D eigenvalue weighted by atomic mass is 16.6. The van der Waals surface area contributed by atoms with E-state index in [2.05, 4.69) is 138 Å². The summed E-state index contributed by atoms with van der Waals surface area (Å²) in [5.41, 5.74) is 14.1. The molecule has 0 unspecified atom stereocenters. The Bertz CT molecular complexity index is 2930. The van der Waals surface area contributed by atoms with Crippen LogP contribution in [0.1, 0.15) is 22.3 Å². The first-order valence-corrected chi connectivity index (χ1v) is 18.0. The third kappa shape index (κ3) is 3.74. The van der Waals surface area contributed by atoms with Crippen LogP contribution in [0.15, 0.2) is 180 Å². The lowest BCUT2D eigenvalue weighted by Crippen LogP contribution is -2.25. The highest BCUT2D eigenvalue weighted by Crippen LogP contribution is 2.65. The number of nitrogens with zero attached hydrogens (tertiary/aromatic N) is 1. The average Bonchev–Trinajstić information content (AvgIpc) is 3.84. The number of fused-ring (bicyclic) bond motifs is 15. The van der Waals surface area contributed by atoms with Gasteiger partial charge in [-0.3, -0.25) is 0 Å². The van der Waals surface area contributed by atoms with Crippen molar-refractivity contribution in [2.45, 2.75) is 5.41 Å². The fraction of sp³-hybridized carbons (Fsp3) is 0.0204. The molecule has 0 amide bonds. The van der Waals surface area contributed by atoms with E-state index >= 15 is 0 Å². The number of hydrogen-bond acceptors (Lipinski definition) is 4. The second-order valence-corrected chi connectivity index (χ2v) is 14.0. The Kier molecular flexibility index (Phi) is 5.67.